The number of carbonyl (C=O) groups is 1. The fourth-order valence-corrected chi connectivity index (χ4v) is 2.99. The molecule has 0 radical (unpaired) electrons. The van der Waals surface area contributed by atoms with Crippen LogP contribution >= 0.6 is 11.3 Å². The van der Waals surface area contributed by atoms with Gasteiger partial charge in [0.15, 0.2) is 0 Å². The van der Waals surface area contributed by atoms with Gasteiger partial charge in [-0.2, -0.15) is 11.3 Å². The SMILES string of the molecule is NC(c1ccsc1)c1cc2c(cc1F)NC(=O)CC2. The zero-order valence-corrected chi connectivity index (χ0v) is 11.0. The Morgan fingerprint density at radius 2 is 2.21 bits per heavy atom. The zero-order valence-electron chi connectivity index (χ0n) is 10.2. The maximum absolute atomic E-state index is 14.1. The van der Waals surface area contributed by atoms with Crippen LogP contribution in [0.4, 0.5) is 10.1 Å². The Balaban J connectivity index is 2.01. The number of hydrogen-bond acceptors (Lipinski definition) is 3. The summed E-state index contributed by atoms with van der Waals surface area (Å²) in [5, 5.41) is 6.53. The van der Waals surface area contributed by atoms with E-state index in [0.29, 0.717) is 24.1 Å². The number of fused-ring (bicyclic) bond motifs is 1. The van der Waals surface area contributed by atoms with E-state index in [2.05, 4.69) is 5.32 Å². The number of anilines is 1. The summed E-state index contributed by atoms with van der Waals surface area (Å²) in [5.74, 6) is -0.443. The molecule has 3 nitrogen and oxygen atoms in total. The third-order valence-corrected chi connectivity index (χ3v) is 4.06. The van der Waals surface area contributed by atoms with Gasteiger partial charge in [0.2, 0.25) is 5.91 Å². The van der Waals surface area contributed by atoms with Crippen molar-refractivity contribution in [2.75, 3.05) is 5.32 Å². The maximum atomic E-state index is 14.1. The number of aryl methyl sites for hydroxylation is 1. The van der Waals surface area contributed by atoms with Crippen molar-refractivity contribution >= 4 is 22.9 Å². The Labute approximate surface area is 114 Å². The Hall–Kier alpha value is -1.72. The van der Waals surface area contributed by atoms with E-state index in [4.69, 9.17) is 5.73 Å². The highest BCUT2D eigenvalue weighted by atomic mass is 32.1. The lowest BCUT2D eigenvalue weighted by Gasteiger charge is -2.20. The van der Waals surface area contributed by atoms with E-state index in [9.17, 15) is 9.18 Å². The first-order valence-electron chi connectivity index (χ1n) is 6.05. The molecular weight excluding hydrogens is 263 g/mol. The molecular formula is C14H13FN2OS. The predicted octanol–water partition coefficient (Wildman–Crippen LogP) is 2.82. The van der Waals surface area contributed by atoms with E-state index in [-0.39, 0.29) is 11.7 Å². The lowest BCUT2D eigenvalue weighted by molar-refractivity contribution is -0.116. The van der Waals surface area contributed by atoms with Gasteiger partial charge in [-0.1, -0.05) is 0 Å². The maximum Gasteiger partial charge on any atom is 0.224 e. The smallest absolute Gasteiger partial charge is 0.224 e. The first-order chi connectivity index (χ1) is 9.15. The molecule has 0 saturated heterocycles. The molecule has 0 spiro atoms. The van der Waals surface area contributed by atoms with Crippen molar-refractivity contribution in [3.05, 3.63) is 51.5 Å². The molecule has 98 valence electrons. The summed E-state index contributed by atoms with van der Waals surface area (Å²) >= 11 is 1.54. The number of benzene rings is 1. The summed E-state index contributed by atoms with van der Waals surface area (Å²) in [6, 6.07) is 4.57. The lowest BCUT2D eigenvalue weighted by Crippen LogP contribution is -2.21. The average molecular weight is 276 g/mol. The Kier molecular flexibility index (Phi) is 3.08. The molecule has 3 rings (SSSR count). The molecule has 1 aliphatic rings. The molecule has 3 N–H and O–H groups in total. The average Bonchev–Trinajstić information content (AvgIpc) is 2.91. The van der Waals surface area contributed by atoms with Crippen LogP contribution < -0.4 is 11.1 Å². The topological polar surface area (TPSA) is 55.1 Å². The number of carbonyl (C=O) groups excluding carboxylic acids is 1. The van der Waals surface area contributed by atoms with Crippen LogP contribution in [-0.2, 0) is 11.2 Å². The van der Waals surface area contributed by atoms with Crippen LogP contribution in [0.25, 0.3) is 0 Å². The standard InChI is InChI=1S/C14H13FN2OS/c15-11-6-12-8(1-2-13(18)17-12)5-10(11)14(16)9-3-4-19-7-9/h3-7,14H,1-2,16H2,(H,17,18). The number of halogens is 1. The highest BCUT2D eigenvalue weighted by molar-refractivity contribution is 7.08. The minimum absolute atomic E-state index is 0.0678. The molecule has 1 aliphatic heterocycles. The van der Waals surface area contributed by atoms with Crippen molar-refractivity contribution in [2.45, 2.75) is 18.9 Å². The zero-order chi connectivity index (χ0) is 13.4. The van der Waals surface area contributed by atoms with Crippen LogP contribution in [0.1, 0.15) is 29.2 Å². The van der Waals surface area contributed by atoms with E-state index >= 15 is 0 Å². The second kappa shape index (κ2) is 4.75. The fraction of sp³-hybridized carbons (Fsp3) is 0.214. The number of nitrogens with one attached hydrogen (secondary N) is 1. The minimum Gasteiger partial charge on any atom is -0.326 e. The number of nitrogens with two attached hydrogens (primary N) is 1. The summed E-state index contributed by atoms with van der Waals surface area (Å²) in [6.07, 6.45) is 1.07. The van der Waals surface area contributed by atoms with Gasteiger partial charge in [0, 0.05) is 17.7 Å². The minimum atomic E-state index is -0.464. The van der Waals surface area contributed by atoms with Gasteiger partial charge in [0.25, 0.3) is 0 Å². The molecule has 0 bridgehead atoms. The Morgan fingerprint density at radius 1 is 1.37 bits per heavy atom. The Morgan fingerprint density at radius 3 is 2.95 bits per heavy atom. The molecule has 1 amide bonds. The molecule has 2 aromatic rings. The number of thiophene rings is 1. The monoisotopic (exact) mass is 276 g/mol. The molecule has 0 aliphatic carbocycles. The second-order valence-corrected chi connectivity index (χ2v) is 5.39. The molecule has 5 heteroatoms. The molecule has 1 unspecified atom stereocenters. The quantitative estimate of drug-likeness (QED) is 0.886. The number of hydrogen-bond donors (Lipinski definition) is 2. The third-order valence-electron chi connectivity index (χ3n) is 3.36. The third kappa shape index (κ3) is 2.27. The normalized spacial score (nSPS) is 15.8. The van der Waals surface area contributed by atoms with Crippen LogP contribution in [0, 0.1) is 5.82 Å². The molecule has 1 aromatic heterocycles. The first-order valence-corrected chi connectivity index (χ1v) is 6.99. The number of rotatable bonds is 2. The molecule has 2 heterocycles. The largest absolute Gasteiger partial charge is 0.326 e. The summed E-state index contributed by atoms with van der Waals surface area (Å²) in [6.45, 7) is 0. The van der Waals surface area contributed by atoms with Gasteiger partial charge in [0.05, 0.1) is 6.04 Å². The van der Waals surface area contributed by atoms with Crippen molar-refractivity contribution in [3.8, 4) is 0 Å². The molecule has 19 heavy (non-hydrogen) atoms. The van der Waals surface area contributed by atoms with Gasteiger partial charge >= 0.3 is 0 Å². The summed E-state index contributed by atoms with van der Waals surface area (Å²) < 4.78 is 14.1. The predicted molar refractivity (Wildman–Crippen MR) is 73.7 cm³/mol. The van der Waals surface area contributed by atoms with Crippen LogP contribution in [0.2, 0.25) is 0 Å². The van der Waals surface area contributed by atoms with E-state index in [0.717, 1.165) is 11.1 Å². The van der Waals surface area contributed by atoms with Crippen LogP contribution in [0.5, 0.6) is 0 Å². The van der Waals surface area contributed by atoms with E-state index in [1.165, 1.54) is 17.4 Å². The van der Waals surface area contributed by atoms with Crippen molar-refractivity contribution in [1.82, 2.24) is 0 Å². The van der Waals surface area contributed by atoms with Crippen LogP contribution in [-0.4, -0.2) is 5.91 Å². The van der Waals surface area contributed by atoms with Gasteiger partial charge in [-0.15, -0.1) is 0 Å². The molecule has 0 fully saturated rings. The summed E-state index contributed by atoms with van der Waals surface area (Å²) in [4.78, 5) is 11.3. The van der Waals surface area contributed by atoms with Crippen molar-refractivity contribution in [3.63, 3.8) is 0 Å². The highest BCUT2D eigenvalue weighted by Crippen LogP contribution is 2.31. The van der Waals surface area contributed by atoms with Gasteiger partial charge in [-0.05, 0) is 46.5 Å². The first kappa shape index (κ1) is 12.3. The Bertz CT molecular complexity index is 625. The van der Waals surface area contributed by atoms with Crippen molar-refractivity contribution in [1.29, 1.82) is 0 Å². The lowest BCUT2D eigenvalue weighted by atomic mass is 9.95. The summed E-state index contributed by atoms with van der Waals surface area (Å²) in [5.41, 5.74) is 9.00. The van der Waals surface area contributed by atoms with Crippen molar-refractivity contribution in [2.24, 2.45) is 5.73 Å². The second-order valence-electron chi connectivity index (χ2n) is 4.61. The van der Waals surface area contributed by atoms with Gasteiger partial charge in [0.1, 0.15) is 5.82 Å². The van der Waals surface area contributed by atoms with Gasteiger partial charge in [-0.3, -0.25) is 4.79 Å². The summed E-state index contributed by atoms with van der Waals surface area (Å²) in [7, 11) is 0. The van der Waals surface area contributed by atoms with Crippen LogP contribution in [0.3, 0.4) is 0 Å². The molecule has 1 atom stereocenters. The van der Waals surface area contributed by atoms with E-state index in [1.54, 1.807) is 6.07 Å². The van der Waals surface area contributed by atoms with Gasteiger partial charge < -0.3 is 11.1 Å². The molecule has 0 saturated carbocycles. The molecule has 1 aromatic carbocycles. The van der Waals surface area contributed by atoms with E-state index < -0.39 is 6.04 Å². The van der Waals surface area contributed by atoms with Crippen LogP contribution in [0.15, 0.2) is 29.0 Å². The highest BCUT2D eigenvalue weighted by Gasteiger charge is 2.21. The van der Waals surface area contributed by atoms with Crippen molar-refractivity contribution < 1.29 is 9.18 Å². The fourth-order valence-electron chi connectivity index (χ4n) is 2.29. The van der Waals surface area contributed by atoms with Gasteiger partial charge in [-0.25, -0.2) is 4.39 Å². The van der Waals surface area contributed by atoms with E-state index in [1.807, 2.05) is 16.8 Å². The number of amides is 1.